The molecule has 2 atom stereocenters. The van der Waals surface area contributed by atoms with Crippen molar-refractivity contribution in [1.82, 2.24) is 0 Å². The highest BCUT2D eigenvalue weighted by Gasteiger charge is 2.25. The molecule has 8 nitrogen and oxygen atoms in total. The van der Waals surface area contributed by atoms with Gasteiger partial charge in [-0.3, -0.25) is 9.59 Å². The number of carboxylic acids is 1. The van der Waals surface area contributed by atoms with Crippen molar-refractivity contribution in [1.29, 1.82) is 0 Å². The monoisotopic (exact) mass is 860 g/mol. The molecule has 0 aromatic carbocycles. The standard InChI is InChI=1S/C53H97NO7/c1-6-8-10-12-14-16-18-20-22-23-24-25-26-27-28-29-30-32-34-36-38-40-42-44-52(56)61-49(47-59-46-45-50(53(57)58)54(3,4)5)48-60-51(55)43-41-39-37-35-33-31-21-19-17-15-13-11-9-7-2/h9,11,15,17,27-28,49-50H,6-8,10,12-14,16,18-26,29-48H2,1-5H3/b11-9+,17-15+,28-27+. The fraction of sp³-hybridized carbons (Fsp3) is 0.830. The molecule has 2 unspecified atom stereocenters. The molecule has 356 valence electrons. The first-order valence-electron chi connectivity index (χ1n) is 25.5. The average Bonchev–Trinajstić information content (AvgIpc) is 3.22. The SMILES string of the molecule is CC/C=C/C/C=C/CCCCCCCCCC(=O)OCC(COCCC(C(=O)[O-])[N+](C)(C)C)OC(=O)CCCCCCCCC/C=C/CCCCCCCCCCCCCC. The van der Waals surface area contributed by atoms with Crippen LogP contribution in [-0.4, -0.2) is 75.5 Å². The van der Waals surface area contributed by atoms with E-state index in [1.54, 1.807) is 21.1 Å². The highest BCUT2D eigenvalue weighted by atomic mass is 16.6. The Kier molecular flexibility index (Phi) is 42.4. The summed E-state index contributed by atoms with van der Waals surface area (Å²) in [6, 6.07) is -0.727. The van der Waals surface area contributed by atoms with Crippen LogP contribution < -0.4 is 5.11 Å². The number of allylic oxidation sites excluding steroid dienone is 6. The molecule has 0 aliphatic heterocycles. The number of unbranched alkanes of at least 4 members (excludes halogenated alkanes) is 26. The molecular weight excluding hydrogens is 763 g/mol. The highest BCUT2D eigenvalue weighted by Crippen LogP contribution is 2.15. The third kappa shape index (κ3) is 42.6. The number of carboxylic acid groups (broad SMARTS) is 1. The number of nitrogens with zero attached hydrogens (tertiary/aromatic N) is 1. The van der Waals surface area contributed by atoms with Crippen molar-refractivity contribution in [2.45, 2.75) is 244 Å². The van der Waals surface area contributed by atoms with E-state index >= 15 is 0 Å². The molecule has 0 fully saturated rings. The van der Waals surface area contributed by atoms with Crippen LogP contribution in [0.2, 0.25) is 0 Å². The van der Waals surface area contributed by atoms with Gasteiger partial charge in [0.05, 0.1) is 40.3 Å². The molecule has 0 saturated carbocycles. The molecule has 0 aromatic rings. The van der Waals surface area contributed by atoms with Gasteiger partial charge in [-0.15, -0.1) is 0 Å². The lowest BCUT2D eigenvalue weighted by Crippen LogP contribution is -2.55. The Labute approximate surface area is 376 Å². The van der Waals surface area contributed by atoms with E-state index in [-0.39, 0.29) is 42.7 Å². The molecule has 0 heterocycles. The molecule has 0 N–H and O–H groups in total. The topological polar surface area (TPSA) is 102 Å². The van der Waals surface area contributed by atoms with Crippen LogP contribution in [0, 0.1) is 0 Å². The van der Waals surface area contributed by atoms with Crippen LogP contribution in [0.1, 0.15) is 232 Å². The van der Waals surface area contributed by atoms with Crippen LogP contribution >= 0.6 is 0 Å². The first kappa shape index (κ1) is 58.6. The van der Waals surface area contributed by atoms with Crippen LogP contribution in [0.15, 0.2) is 36.5 Å². The number of quaternary nitrogens is 1. The van der Waals surface area contributed by atoms with Crippen molar-refractivity contribution in [3.8, 4) is 0 Å². The summed E-state index contributed by atoms with van der Waals surface area (Å²) < 4.78 is 17.2. The smallest absolute Gasteiger partial charge is 0.306 e. The Balaban J connectivity index is 4.21. The number of ether oxygens (including phenoxy) is 3. The molecule has 0 amide bonds. The molecule has 0 aliphatic carbocycles. The Morgan fingerprint density at radius 3 is 1.36 bits per heavy atom. The largest absolute Gasteiger partial charge is 0.544 e. The summed E-state index contributed by atoms with van der Waals surface area (Å²) in [5.74, 6) is -1.74. The number of aliphatic carboxylic acids is 1. The van der Waals surface area contributed by atoms with Crippen molar-refractivity contribution in [3.05, 3.63) is 36.5 Å². The summed E-state index contributed by atoms with van der Waals surface area (Å²) >= 11 is 0. The Hall–Kier alpha value is -2.45. The maximum absolute atomic E-state index is 12.8. The second-order valence-electron chi connectivity index (χ2n) is 18.4. The molecule has 0 radical (unpaired) electrons. The molecule has 0 aliphatic rings. The van der Waals surface area contributed by atoms with Gasteiger partial charge >= 0.3 is 11.9 Å². The Morgan fingerprint density at radius 1 is 0.508 bits per heavy atom. The summed E-state index contributed by atoms with van der Waals surface area (Å²) in [4.78, 5) is 37.0. The molecule has 8 heteroatoms. The van der Waals surface area contributed by atoms with Crippen molar-refractivity contribution >= 4 is 17.9 Å². The molecule has 0 saturated heterocycles. The van der Waals surface area contributed by atoms with E-state index in [0.29, 0.717) is 12.8 Å². The van der Waals surface area contributed by atoms with E-state index in [1.807, 2.05) is 0 Å². The minimum Gasteiger partial charge on any atom is -0.544 e. The third-order valence-corrected chi connectivity index (χ3v) is 11.5. The van der Waals surface area contributed by atoms with E-state index in [9.17, 15) is 19.5 Å². The fourth-order valence-electron chi connectivity index (χ4n) is 7.58. The summed E-state index contributed by atoms with van der Waals surface area (Å²) in [5, 5.41) is 11.7. The van der Waals surface area contributed by atoms with Crippen molar-refractivity contribution in [2.75, 3.05) is 41.0 Å². The van der Waals surface area contributed by atoms with Gasteiger partial charge in [0, 0.05) is 19.3 Å². The summed E-state index contributed by atoms with van der Waals surface area (Å²) in [6.07, 6.45) is 51.8. The number of carbonyl (C=O) groups is 3. The van der Waals surface area contributed by atoms with Gasteiger partial charge in [-0.25, -0.2) is 0 Å². The summed E-state index contributed by atoms with van der Waals surface area (Å²) in [6.45, 7) is 4.57. The van der Waals surface area contributed by atoms with Crippen molar-refractivity contribution in [3.63, 3.8) is 0 Å². The van der Waals surface area contributed by atoms with Gasteiger partial charge < -0.3 is 28.6 Å². The normalized spacial score (nSPS) is 13.1. The number of carbonyl (C=O) groups excluding carboxylic acids is 3. The van der Waals surface area contributed by atoms with E-state index in [2.05, 4.69) is 50.3 Å². The highest BCUT2D eigenvalue weighted by molar-refractivity contribution is 5.70. The van der Waals surface area contributed by atoms with Crippen LogP contribution in [0.4, 0.5) is 0 Å². The predicted octanol–water partition coefficient (Wildman–Crippen LogP) is 13.3. The summed E-state index contributed by atoms with van der Waals surface area (Å²) in [5.41, 5.74) is 0. The second-order valence-corrected chi connectivity index (χ2v) is 18.4. The third-order valence-electron chi connectivity index (χ3n) is 11.5. The quantitative estimate of drug-likeness (QED) is 0.0260. The molecule has 0 rings (SSSR count). The fourth-order valence-corrected chi connectivity index (χ4v) is 7.58. The maximum Gasteiger partial charge on any atom is 0.306 e. The first-order valence-corrected chi connectivity index (χ1v) is 25.5. The van der Waals surface area contributed by atoms with Gasteiger partial charge in [0.15, 0.2) is 6.10 Å². The Bertz CT molecular complexity index is 1090. The minimum absolute atomic E-state index is 0.0379. The molecular formula is C53H97NO7. The van der Waals surface area contributed by atoms with E-state index < -0.39 is 18.1 Å². The maximum atomic E-state index is 12.8. The van der Waals surface area contributed by atoms with Gasteiger partial charge in [0.1, 0.15) is 12.6 Å². The van der Waals surface area contributed by atoms with Gasteiger partial charge in [-0.2, -0.15) is 0 Å². The molecule has 0 spiro atoms. The number of rotatable bonds is 46. The lowest BCUT2D eigenvalue weighted by molar-refractivity contribution is -0.889. The molecule has 0 aromatic heterocycles. The lowest BCUT2D eigenvalue weighted by Gasteiger charge is -2.34. The zero-order valence-electron chi connectivity index (χ0n) is 40.6. The van der Waals surface area contributed by atoms with Crippen molar-refractivity contribution in [2.24, 2.45) is 0 Å². The zero-order chi connectivity index (χ0) is 44.9. The Morgan fingerprint density at radius 2 is 0.918 bits per heavy atom. The van der Waals surface area contributed by atoms with E-state index in [1.165, 1.54) is 141 Å². The van der Waals surface area contributed by atoms with Crippen LogP contribution in [-0.2, 0) is 28.6 Å². The van der Waals surface area contributed by atoms with Crippen LogP contribution in [0.5, 0.6) is 0 Å². The number of hydrogen-bond donors (Lipinski definition) is 0. The van der Waals surface area contributed by atoms with Gasteiger partial charge in [0.25, 0.3) is 0 Å². The lowest BCUT2D eigenvalue weighted by atomic mass is 10.0. The minimum atomic E-state index is -1.13. The molecule has 61 heavy (non-hydrogen) atoms. The number of hydrogen-bond acceptors (Lipinski definition) is 7. The van der Waals surface area contributed by atoms with E-state index in [0.717, 1.165) is 57.8 Å². The van der Waals surface area contributed by atoms with Crippen LogP contribution in [0.3, 0.4) is 0 Å². The van der Waals surface area contributed by atoms with E-state index in [4.69, 9.17) is 14.2 Å². The van der Waals surface area contributed by atoms with Gasteiger partial charge in [0.2, 0.25) is 0 Å². The summed E-state index contributed by atoms with van der Waals surface area (Å²) in [7, 11) is 5.41. The van der Waals surface area contributed by atoms with Crippen LogP contribution in [0.25, 0.3) is 0 Å². The second kappa shape index (κ2) is 44.2. The predicted molar refractivity (Wildman–Crippen MR) is 254 cm³/mol. The van der Waals surface area contributed by atoms with Gasteiger partial charge in [-0.05, 0) is 64.2 Å². The zero-order valence-corrected chi connectivity index (χ0v) is 40.6. The van der Waals surface area contributed by atoms with Gasteiger partial charge in [-0.1, -0.05) is 185 Å². The average molecular weight is 860 g/mol. The number of likely N-dealkylation sites (N-methyl/N-ethyl adjacent to an activating group) is 1. The van der Waals surface area contributed by atoms with Crippen molar-refractivity contribution < 1.29 is 38.2 Å². The number of esters is 2. The molecule has 0 bridgehead atoms. The first-order chi connectivity index (χ1) is 29.6.